The maximum atomic E-state index is 12.7. The molecule has 1 saturated carbocycles. The SMILES string of the molecule is O=C(NCCCc1ccc(Cl)c(Cl)c1)C1=C(O)C(=O)N(C2(c3ccccc3)CC2)C1. The molecule has 0 radical (unpaired) electrons. The number of hydrogen-bond acceptors (Lipinski definition) is 3. The van der Waals surface area contributed by atoms with E-state index in [4.69, 9.17) is 23.2 Å². The third-order valence-corrected chi connectivity index (χ3v) is 6.53. The van der Waals surface area contributed by atoms with Gasteiger partial charge in [0.05, 0.1) is 27.7 Å². The summed E-state index contributed by atoms with van der Waals surface area (Å²) in [4.78, 5) is 26.9. The summed E-state index contributed by atoms with van der Waals surface area (Å²) in [5.74, 6) is -1.32. The number of aliphatic hydroxyl groups excluding tert-OH is 1. The first-order chi connectivity index (χ1) is 14.4. The summed E-state index contributed by atoms with van der Waals surface area (Å²) >= 11 is 11.9. The van der Waals surface area contributed by atoms with Crippen molar-refractivity contribution in [3.8, 4) is 0 Å². The van der Waals surface area contributed by atoms with Crippen LogP contribution in [-0.4, -0.2) is 34.9 Å². The molecule has 2 aliphatic rings. The van der Waals surface area contributed by atoms with Crippen molar-refractivity contribution in [2.75, 3.05) is 13.1 Å². The Balaban J connectivity index is 1.34. The minimum absolute atomic E-state index is 0.123. The number of carbonyl (C=O) groups excluding carboxylic acids is 2. The van der Waals surface area contributed by atoms with E-state index >= 15 is 0 Å². The zero-order valence-electron chi connectivity index (χ0n) is 16.3. The van der Waals surface area contributed by atoms with E-state index in [9.17, 15) is 14.7 Å². The maximum absolute atomic E-state index is 12.7. The predicted molar refractivity (Wildman–Crippen MR) is 117 cm³/mol. The van der Waals surface area contributed by atoms with Crippen molar-refractivity contribution in [1.82, 2.24) is 10.2 Å². The number of benzene rings is 2. The van der Waals surface area contributed by atoms with E-state index in [0.29, 0.717) is 23.0 Å². The summed E-state index contributed by atoms with van der Waals surface area (Å²) in [7, 11) is 0. The number of carbonyl (C=O) groups is 2. The van der Waals surface area contributed by atoms with Gasteiger partial charge in [-0.3, -0.25) is 9.59 Å². The summed E-state index contributed by atoms with van der Waals surface area (Å²) in [5, 5.41) is 14.2. The minimum atomic E-state index is -0.475. The topological polar surface area (TPSA) is 69.6 Å². The lowest BCUT2D eigenvalue weighted by molar-refractivity contribution is -0.130. The Hall–Kier alpha value is -2.50. The fraction of sp³-hybridized carbons (Fsp3) is 0.304. The third kappa shape index (κ3) is 3.92. The lowest BCUT2D eigenvalue weighted by atomic mass is 10.0. The Morgan fingerprint density at radius 1 is 1.10 bits per heavy atom. The van der Waals surface area contributed by atoms with Gasteiger partial charge in [0, 0.05) is 6.54 Å². The van der Waals surface area contributed by atoms with Gasteiger partial charge in [-0.1, -0.05) is 59.6 Å². The average Bonchev–Trinajstić information content (AvgIpc) is 3.50. The summed E-state index contributed by atoms with van der Waals surface area (Å²) in [5.41, 5.74) is 1.79. The molecule has 1 fully saturated rings. The van der Waals surface area contributed by atoms with E-state index in [1.54, 1.807) is 11.0 Å². The predicted octanol–water partition coefficient (Wildman–Crippen LogP) is 4.39. The van der Waals surface area contributed by atoms with E-state index in [-0.39, 0.29) is 12.1 Å². The number of halogens is 2. The van der Waals surface area contributed by atoms with Gasteiger partial charge in [0.25, 0.3) is 11.8 Å². The number of aliphatic hydroxyl groups is 1. The van der Waals surface area contributed by atoms with E-state index in [1.807, 2.05) is 42.5 Å². The van der Waals surface area contributed by atoms with Gasteiger partial charge in [-0.15, -0.1) is 0 Å². The highest BCUT2D eigenvalue weighted by molar-refractivity contribution is 6.42. The van der Waals surface area contributed by atoms with Crippen LogP contribution in [0.4, 0.5) is 0 Å². The molecule has 0 aromatic heterocycles. The Bertz CT molecular complexity index is 1020. The second-order valence-corrected chi connectivity index (χ2v) is 8.54. The third-order valence-electron chi connectivity index (χ3n) is 5.79. The van der Waals surface area contributed by atoms with Crippen LogP contribution < -0.4 is 5.32 Å². The first-order valence-corrected chi connectivity index (χ1v) is 10.7. The highest BCUT2D eigenvalue weighted by Crippen LogP contribution is 2.52. The van der Waals surface area contributed by atoms with Crippen LogP contribution in [-0.2, 0) is 21.5 Å². The van der Waals surface area contributed by atoms with Crippen LogP contribution in [0.5, 0.6) is 0 Å². The molecule has 2 N–H and O–H groups in total. The number of amides is 2. The van der Waals surface area contributed by atoms with Crippen LogP contribution in [0.1, 0.15) is 30.4 Å². The molecule has 7 heteroatoms. The van der Waals surface area contributed by atoms with Gasteiger partial charge in [0.1, 0.15) is 0 Å². The summed E-state index contributed by atoms with van der Waals surface area (Å²) in [6.07, 6.45) is 3.08. The summed E-state index contributed by atoms with van der Waals surface area (Å²) in [6, 6.07) is 15.2. The van der Waals surface area contributed by atoms with Crippen molar-refractivity contribution in [3.63, 3.8) is 0 Å². The highest BCUT2D eigenvalue weighted by atomic mass is 35.5. The standard InChI is InChI=1S/C23H22Cl2N2O3/c24-18-9-8-15(13-19(18)25)5-4-12-26-21(29)17-14-27(22(30)20(17)28)23(10-11-23)16-6-2-1-3-7-16/h1-3,6-9,13,28H,4-5,10-12,14H2,(H,26,29). The molecule has 0 spiro atoms. The molecular weight excluding hydrogens is 423 g/mol. The molecular formula is C23H22Cl2N2O3. The number of nitrogens with one attached hydrogen (secondary N) is 1. The van der Waals surface area contributed by atoms with Crippen molar-refractivity contribution in [3.05, 3.63) is 81.0 Å². The van der Waals surface area contributed by atoms with Crippen LogP contribution >= 0.6 is 23.2 Å². The Labute approximate surface area is 185 Å². The number of nitrogens with zero attached hydrogens (tertiary/aromatic N) is 1. The van der Waals surface area contributed by atoms with Gasteiger partial charge in [-0.25, -0.2) is 0 Å². The molecule has 0 saturated heterocycles. The quantitative estimate of drug-likeness (QED) is 0.622. The molecule has 0 atom stereocenters. The van der Waals surface area contributed by atoms with Crippen molar-refractivity contribution in [2.24, 2.45) is 0 Å². The average molecular weight is 445 g/mol. The molecule has 1 heterocycles. The second-order valence-electron chi connectivity index (χ2n) is 7.72. The Kier molecular flexibility index (Phi) is 5.76. The van der Waals surface area contributed by atoms with E-state index in [2.05, 4.69) is 5.32 Å². The van der Waals surface area contributed by atoms with Gasteiger partial charge >= 0.3 is 0 Å². The fourth-order valence-corrected chi connectivity index (χ4v) is 4.28. The zero-order chi connectivity index (χ0) is 21.3. The van der Waals surface area contributed by atoms with E-state index < -0.39 is 23.1 Å². The van der Waals surface area contributed by atoms with Gasteiger partial charge in [0.15, 0.2) is 5.76 Å². The van der Waals surface area contributed by atoms with Crippen molar-refractivity contribution >= 4 is 35.0 Å². The number of aryl methyl sites for hydroxylation is 1. The van der Waals surface area contributed by atoms with Crippen molar-refractivity contribution in [2.45, 2.75) is 31.2 Å². The largest absolute Gasteiger partial charge is 0.503 e. The first-order valence-electron chi connectivity index (χ1n) is 9.94. The first kappa shape index (κ1) is 20.8. The molecule has 5 nitrogen and oxygen atoms in total. The summed E-state index contributed by atoms with van der Waals surface area (Å²) < 4.78 is 0. The molecule has 0 bridgehead atoms. The fourth-order valence-electron chi connectivity index (χ4n) is 3.96. The maximum Gasteiger partial charge on any atom is 0.290 e. The molecule has 156 valence electrons. The molecule has 2 amide bonds. The number of hydrogen-bond donors (Lipinski definition) is 2. The summed E-state index contributed by atoms with van der Waals surface area (Å²) in [6.45, 7) is 0.548. The molecule has 2 aromatic carbocycles. The molecule has 4 rings (SSSR count). The van der Waals surface area contributed by atoms with Crippen LogP contribution in [0.2, 0.25) is 10.0 Å². The number of rotatable bonds is 7. The van der Waals surface area contributed by atoms with Crippen molar-refractivity contribution < 1.29 is 14.7 Å². The van der Waals surface area contributed by atoms with Crippen LogP contribution in [0.25, 0.3) is 0 Å². The molecule has 1 aliphatic carbocycles. The zero-order valence-corrected chi connectivity index (χ0v) is 17.8. The van der Waals surface area contributed by atoms with Crippen LogP contribution in [0.3, 0.4) is 0 Å². The Morgan fingerprint density at radius 2 is 1.83 bits per heavy atom. The van der Waals surface area contributed by atoms with Crippen molar-refractivity contribution in [1.29, 1.82) is 0 Å². The van der Waals surface area contributed by atoms with Gasteiger partial charge in [-0.2, -0.15) is 0 Å². The minimum Gasteiger partial charge on any atom is -0.503 e. The van der Waals surface area contributed by atoms with Crippen LogP contribution in [0, 0.1) is 0 Å². The normalized spacial score (nSPS) is 17.4. The monoisotopic (exact) mass is 444 g/mol. The van der Waals surface area contributed by atoms with Crippen LogP contribution in [0.15, 0.2) is 59.9 Å². The second kappa shape index (κ2) is 8.32. The van der Waals surface area contributed by atoms with E-state index in [0.717, 1.165) is 30.4 Å². The Morgan fingerprint density at radius 3 is 2.50 bits per heavy atom. The van der Waals surface area contributed by atoms with Gasteiger partial charge < -0.3 is 15.3 Å². The highest BCUT2D eigenvalue weighted by Gasteiger charge is 2.55. The lowest BCUT2D eigenvalue weighted by Gasteiger charge is -2.28. The molecule has 2 aromatic rings. The van der Waals surface area contributed by atoms with E-state index in [1.165, 1.54) is 0 Å². The van der Waals surface area contributed by atoms with Gasteiger partial charge in [0.2, 0.25) is 0 Å². The lowest BCUT2D eigenvalue weighted by Crippen LogP contribution is -2.39. The molecule has 1 aliphatic heterocycles. The smallest absolute Gasteiger partial charge is 0.290 e. The molecule has 30 heavy (non-hydrogen) atoms. The molecule has 0 unspecified atom stereocenters. The van der Waals surface area contributed by atoms with Gasteiger partial charge in [-0.05, 0) is 48.9 Å².